The fourth-order valence-electron chi connectivity index (χ4n) is 0.782. The number of H-pyrrole nitrogens is 1. The van der Waals surface area contributed by atoms with Gasteiger partial charge in [-0.1, -0.05) is 46.3 Å². The summed E-state index contributed by atoms with van der Waals surface area (Å²) in [4.78, 5) is 0. The van der Waals surface area contributed by atoms with Crippen molar-refractivity contribution < 1.29 is 0 Å². The zero-order valence-corrected chi connectivity index (χ0v) is 8.74. The van der Waals surface area contributed by atoms with Crippen molar-refractivity contribution in [2.75, 3.05) is 0 Å². The zero-order valence-electron chi connectivity index (χ0n) is 7.15. The van der Waals surface area contributed by atoms with E-state index in [0.29, 0.717) is 0 Å². The van der Waals surface area contributed by atoms with Crippen molar-refractivity contribution in [2.24, 2.45) is 0 Å². The van der Waals surface area contributed by atoms with Crippen molar-refractivity contribution in [3.63, 3.8) is 0 Å². The first-order chi connectivity index (χ1) is 6.43. The molecule has 13 heavy (non-hydrogen) atoms. The minimum Gasteiger partial charge on any atom is -0.286 e. The van der Waals surface area contributed by atoms with Gasteiger partial charge in [0.2, 0.25) is 0 Å². The number of hydrogen-bond acceptors (Lipinski definition) is 1. The van der Waals surface area contributed by atoms with Gasteiger partial charge in [0.05, 0.1) is 0 Å². The van der Waals surface area contributed by atoms with Crippen LogP contribution in [0.25, 0.3) is 0 Å². The molecule has 0 saturated heterocycles. The third-order valence-electron chi connectivity index (χ3n) is 1.40. The van der Waals surface area contributed by atoms with E-state index >= 15 is 0 Å². The molecule has 1 aromatic heterocycles. The highest BCUT2D eigenvalue weighted by atomic mass is 79.9. The fraction of sp³-hybridized carbons (Fsp3) is 0.100. The molecule has 2 aromatic rings. The number of aromatic amines is 1. The molecule has 1 N–H and O–H groups in total. The minimum atomic E-state index is 0.952. The molecule has 0 atom stereocenters. The molecule has 0 bridgehead atoms. The Morgan fingerprint density at radius 1 is 1.15 bits per heavy atom. The van der Waals surface area contributed by atoms with E-state index in [1.165, 1.54) is 5.56 Å². The van der Waals surface area contributed by atoms with Crippen LogP contribution in [0.15, 0.2) is 48.8 Å². The Balaban J connectivity index is 0.000000145. The van der Waals surface area contributed by atoms with Crippen molar-refractivity contribution in [3.05, 3.63) is 54.4 Å². The topological polar surface area (TPSA) is 28.7 Å². The van der Waals surface area contributed by atoms with Gasteiger partial charge in [-0.15, -0.1) is 0 Å². The molecule has 0 spiro atoms. The number of nitrogens with one attached hydrogen (secondary N) is 1. The van der Waals surface area contributed by atoms with Crippen molar-refractivity contribution in [1.82, 2.24) is 10.2 Å². The predicted molar refractivity (Wildman–Crippen MR) is 57.7 cm³/mol. The minimum absolute atomic E-state index is 0.952. The first-order valence-corrected chi connectivity index (χ1v) is 5.09. The van der Waals surface area contributed by atoms with E-state index in [-0.39, 0.29) is 0 Å². The normalized spacial score (nSPS) is 8.69. The SMILES string of the molecule is BrCc1ccccc1.c1cn[nH]c1. The van der Waals surface area contributed by atoms with Crippen LogP contribution in [0, 0.1) is 0 Å². The van der Waals surface area contributed by atoms with Crippen LogP contribution in [0.1, 0.15) is 5.56 Å². The Hall–Kier alpha value is -1.09. The lowest BCUT2D eigenvalue weighted by molar-refractivity contribution is 1.09. The van der Waals surface area contributed by atoms with Crippen LogP contribution in [0.4, 0.5) is 0 Å². The van der Waals surface area contributed by atoms with Crippen molar-refractivity contribution in [3.8, 4) is 0 Å². The molecule has 0 unspecified atom stereocenters. The monoisotopic (exact) mass is 238 g/mol. The van der Waals surface area contributed by atoms with Crippen LogP contribution < -0.4 is 0 Å². The quantitative estimate of drug-likeness (QED) is 0.761. The van der Waals surface area contributed by atoms with Crippen LogP contribution in [0.5, 0.6) is 0 Å². The Morgan fingerprint density at radius 2 is 1.92 bits per heavy atom. The summed E-state index contributed by atoms with van der Waals surface area (Å²) in [6, 6.07) is 12.1. The molecule has 0 aliphatic rings. The van der Waals surface area contributed by atoms with Gasteiger partial charge < -0.3 is 0 Å². The lowest BCUT2D eigenvalue weighted by Crippen LogP contribution is -1.70. The summed E-state index contributed by atoms with van der Waals surface area (Å²) in [6.45, 7) is 0. The molecule has 0 amide bonds. The van der Waals surface area contributed by atoms with Gasteiger partial charge in [0.15, 0.2) is 0 Å². The highest BCUT2D eigenvalue weighted by Crippen LogP contribution is 2.02. The zero-order chi connectivity index (χ0) is 9.36. The van der Waals surface area contributed by atoms with Gasteiger partial charge in [0, 0.05) is 17.7 Å². The van der Waals surface area contributed by atoms with Crippen LogP contribution >= 0.6 is 15.9 Å². The highest BCUT2D eigenvalue weighted by molar-refractivity contribution is 9.08. The van der Waals surface area contributed by atoms with Crippen molar-refractivity contribution >= 4 is 15.9 Å². The van der Waals surface area contributed by atoms with Gasteiger partial charge >= 0.3 is 0 Å². The lowest BCUT2D eigenvalue weighted by Gasteiger charge is -1.88. The van der Waals surface area contributed by atoms with Gasteiger partial charge in [0.25, 0.3) is 0 Å². The Bertz CT molecular complexity index is 275. The van der Waals surface area contributed by atoms with E-state index in [4.69, 9.17) is 0 Å². The lowest BCUT2D eigenvalue weighted by atomic mass is 10.2. The summed E-state index contributed by atoms with van der Waals surface area (Å²) in [5, 5.41) is 7.16. The Labute approximate surface area is 86.1 Å². The number of rotatable bonds is 1. The van der Waals surface area contributed by atoms with E-state index in [9.17, 15) is 0 Å². The molecule has 68 valence electrons. The second-order valence-electron chi connectivity index (χ2n) is 2.39. The van der Waals surface area contributed by atoms with Crippen molar-refractivity contribution in [1.29, 1.82) is 0 Å². The summed E-state index contributed by atoms with van der Waals surface area (Å²) in [7, 11) is 0. The Kier molecular flexibility index (Phi) is 4.94. The van der Waals surface area contributed by atoms with Crippen LogP contribution in [0.3, 0.4) is 0 Å². The molecule has 2 rings (SSSR count). The van der Waals surface area contributed by atoms with Crippen LogP contribution in [-0.4, -0.2) is 10.2 Å². The third kappa shape index (κ3) is 4.48. The summed E-state index contributed by atoms with van der Waals surface area (Å²) < 4.78 is 0. The summed E-state index contributed by atoms with van der Waals surface area (Å²) >= 11 is 3.36. The first-order valence-electron chi connectivity index (χ1n) is 3.97. The molecule has 0 aliphatic heterocycles. The standard InChI is InChI=1S/C7H7Br.C3H4N2/c8-6-7-4-2-1-3-5-7;1-2-4-5-3-1/h1-5H,6H2;1-3H,(H,4,5). The number of aromatic nitrogens is 2. The first kappa shape index (κ1) is 9.99. The van der Waals surface area contributed by atoms with Gasteiger partial charge in [-0.25, -0.2) is 0 Å². The van der Waals surface area contributed by atoms with E-state index in [2.05, 4.69) is 38.3 Å². The maximum atomic E-state index is 3.60. The molecular weight excluding hydrogens is 228 g/mol. The molecule has 1 heterocycles. The number of nitrogens with zero attached hydrogens (tertiary/aromatic N) is 1. The molecule has 3 heteroatoms. The van der Waals surface area contributed by atoms with Crippen LogP contribution in [-0.2, 0) is 5.33 Å². The van der Waals surface area contributed by atoms with E-state index in [1.54, 1.807) is 12.4 Å². The summed E-state index contributed by atoms with van der Waals surface area (Å²) in [5.74, 6) is 0. The summed E-state index contributed by atoms with van der Waals surface area (Å²) in [6.07, 6.45) is 3.46. The molecule has 2 nitrogen and oxygen atoms in total. The fourth-order valence-corrected chi connectivity index (χ4v) is 1.16. The second-order valence-corrected chi connectivity index (χ2v) is 2.95. The molecule has 0 fully saturated rings. The predicted octanol–water partition coefficient (Wildman–Crippen LogP) is 2.99. The second kappa shape index (κ2) is 6.43. The van der Waals surface area contributed by atoms with Gasteiger partial charge in [-0.3, -0.25) is 5.10 Å². The molecule has 1 aromatic carbocycles. The maximum Gasteiger partial charge on any atom is 0.0487 e. The molecule has 0 radical (unpaired) electrons. The van der Waals surface area contributed by atoms with Gasteiger partial charge in [-0.2, -0.15) is 5.10 Å². The van der Waals surface area contributed by atoms with Gasteiger partial charge in [0.1, 0.15) is 0 Å². The number of halogens is 1. The maximum absolute atomic E-state index is 3.60. The average molecular weight is 239 g/mol. The van der Waals surface area contributed by atoms with Crippen LogP contribution in [0.2, 0.25) is 0 Å². The average Bonchev–Trinajstić information content (AvgIpc) is 2.77. The van der Waals surface area contributed by atoms with Crippen molar-refractivity contribution in [2.45, 2.75) is 5.33 Å². The molecule has 0 aliphatic carbocycles. The molecular formula is C10H11BrN2. The number of hydrogen-bond donors (Lipinski definition) is 1. The number of alkyl halides is 1. The summed E-state index contributed by atoms with van der Waals surface area (Å²) in [5.41, 5.74) is 1.33. The number of benzene rings is 1. The van der Waals surface area contributed by atoms with E-state index < -0.39 is 0 Å². The third-order valence-corrected chi connectivity index (χ3v) is 2.05. The van der Waals surface area contributed by atoms with E-state index in [0.717, 1.165) is 5.33 Å². The smallest absolute Gasteiger partial charge is 0.0487 e. The highest BCUT2D eigenvalue weighted by Gasteiger charge is 1.81. The van der Waals surface area contributed by atoms with E-state index in [1.807, 2.05) is 24.3 Å². The Morgan fingerprint density at radius 3 is 2.23 bits per heavy atom. The van der Waals surface area contributed by atoms with Gasteiger partial charge in [-0.05, 0) is 11.6 Å². The molecule has 0 saturated carbocycles. The largest absolute Gasteiger partial charge is 0.286 e.